The van der Waals surface area contributed by atoms with Gasteiger partial charge >= 0.3 is 5.97 Å². The minimum atomic E-state index is -0.387. The van der Waals surface area contributed by atoms with Crippen molar-refractivity contribution in [3.8, 4) is 0 Å². The number of halogens is 2. The Hall–Kier alpha value is -0.600. The van der Waals surface area contributed by atoms with E-state index in [0.29, 0.717) is 24.3 Å². The Morgan fingerprint density at radius 2 is 2.32 bits per heavy atom. The first kappa shape index (κ1) is 14.8. The number of carbonyl (C=O) groups is 1. The lowest BCUT2D eigenvalue weighted by atomic mass is 10.0. The number of rotatable bonds is 4. The lowest BCUT2D eigenvalue weighted by molar-refractivity contribution is -0.138. The Bertz CT molecular complexity index is 509. The van der Waals surface area contributed by atoms with Crippen LogP contribution in [-0.2, 0) is 9.53 Å². The van der Waals surface area contributed by atoms with Crippen molar-refractivity contribution < 1.29 is 13.9 Å². The van der Waals surface area contributed by atoms with Crippen LogP contribution in [-0.4, -0.2) is 23.4 Å². The van der Waals surface area contributed by atoms with Gasteiger partial charge in [-0.1, -0.05) is 24.3 Å². The normalized spacial score (nSPS) is 19.3. The Morgan fingerprint density at radius 3 is 2.95 bits per heavy atom. The predicted molar refractivity (Wildman–Crippen MR) is 82.2 cm³/mol. The second-order valence-corrected chi connectivity index (χ2v) is 5.76. The van der Waals surface area contributed by atoms with Crippen molar-refractivity contribution in [1.29, 1.82) is 0 Å². The molecule has 0 amide bonds. The highest BCUT2D eigenvalue weighted by Gasteiger charge is 2.35. The number of hydrogen-bond donors (Lipinski definition) is 0. The maximum Gasteiger partial charge on any atom is 0.335 e. The zero-order chi connectivity index (χ0) is 13.8. The summed E-state index contributed by atoms with van der Waals surface area (Å²) in [7, 11) is 1.46. The predicted octanol–water partition coefficient (Wildman–Crippen LogP) is 3.67. The molecule has 1 atom stereocenters. The van der Waals surface area contributed by atoms with Crippen LogP contribution in [0.2, 0.25) is 0 Å². The first-order valence-corrected chi connectivity index (χ1v) is 9.17. The van der Waals surface area contributed by atoms with Crippen molar-refractivity contribution in [1.82, 2.24) is 4.31 Å². The summed E-state index contributed by atoms with van der Waals surface area (Å²) in [6.45, 7) is 2.68. The fourth-order valence-corrected chi connectivity index (χ4v) is 3.66. The van der Waals surface area contributed by atoms with E-state index in [2.05, 4.69) is 21.2 Å². The molecule has 1 unspecified atom stereocenters. The van der Waals surface area contributed by atoms with Crippen LogP contribution in [0.15, 0.2) is 35.9 Å². The number of nitrogens with zero attached hydrogens (tertiary/aromatic N) is 1. The van der Waals surface area contributed by atoms with Gasteiger partial charge in [0.15, 0.2) is 0 Å². The molecule has 1 aliphatic rings. The zero-order valence-electron chi connectivity index (χ0n) is 10.3. The summed E-state index contributed by atoms with van der Waals surface area (Å²) in [5, 5.41) is 0. The molecule has 0 saturated heterocycles. The number of esters is 1. The summed E-state index contributed by atoms with van der Waals surface area (Å²) < 4.78 is 20.9. The Balaban J connectivity index is 2.35. The molecule has 1 aromatic rings. The molecule has 0 saturated carbocycles. The molecule has 0 aromatic heterocycles. The summed E-state index contributed by atoms with van der Waals surface area (Å²) in [4.78, 5) is 12.0. The number of benzene rings is 1. The van der Waals surface area contributed by atoms with E-state index >= 15 is 0 Å². The van der Waals surface area contributed by atoms with E-state index in [1.165, 1.54) is 15.2 Å². The highest BCUT2D eigenvalue weighted by molar-refractivity contribution is 14.2. The summed E-state index contributed by atoms with van der Waals surface area (Å²) in [5.74, 6) is -0.677. The minimum Gasteiger partial charge on any atom is -0.463 e. The van der Waals surface area contributed by atoms with Crippen molar-refractivity contribution in [3.05, 3.63) is 47.3 Å². The number of hydrogen-bond acceptors (Lipinski definition) is 4. The van der Waals surface area contributed by atoms with E-state index in [0.717, 1.165) is 0 Å². The van der Waals surface area contributed by atoms with E-state index in [9.17, 15) is 9.18 Å². The molecule has 3 nitrogen and oxygen atoms in total. The van der Waals surface area contributed by atoms with Crippen LogP contribution in [0.1, 0.15) is 18.5 Å². The van der Waals surface area contributed by atoms with Crippen LogP contribution in [0.25, 0.3) is 0 Å². The molecule has 0 fully saturated rings. The van der Waals surface area contributed by atoms with Crippen molar-refractivity contribution >= 4 is 36.3 Å². The van der Waals surface area contributed by atoms with Gasteiger partial charge in [-0.25, -0.2) is 13.5 Å². The molecule has 0 N–H and O–H groups in total. The third-order valence-electron chi connectivity index (χ3n) is 2.87. The van der Waals surface area contributed by atoms with Gasteiger partial charge in [-0.05, 0) is 22.1 Å². The van der Waals surface area contributed by atoms with Crippen LogP contribution in [0.4, 0.5) is 4.39 Å². The van der Waals surface area contributed by atoms with Crippen LogP contribution in [0.5, 0.6) is 0 Å². The van der Waals surface area contributed by atoms with Gasteiger partial charge in [0.25, 0.3) is 0 Å². The average molecular weight is 393 g/mol. The molecular formula is C13H13FINO2S. The van der Waals surface area contributed by atoms with Gasteiger partial charge in [0.05, 0.1) is 18.2 Å². The van der Waals surface area contributed by atoms with E-state index in [1.54, 1.807) is 31.2 Å². The maximum atomic E-state index is 14.0. The topological polar surface area (TPSA) is 29.5 Å². The van der Waals surface area contributed by atoms with Gasteiger partial charge in [0, 0.05) is 33.3 Å². The standard InChI is InChI=1S/C13H13FINO2S/c1-2-18-13(17)10-7-8-16(19-15)12(10)9-5-3-4-6-11(9)14/h3-7,12H,2,8H2,1H3. The van der Waals surface area contributed by atoms with Gasteiger partial charge in [-0.2, -0.15) is 0 Å². The fraction of sp³-hybridized carbons (Fsp3) is 0.308. The van der Waals surface area contributed by atoms with Crippen molar-refractivity contribution in [2.75, 3.05) is 13.2 Å². The Morgan fingerprint density at radius 1 is 1.58 bits per heavy atom. The monoisotopic (exact) mass is 393 g/mol. The molecule has 19 heavy (non-hydrogen) atoms. The average Bonchev–Trinajstić information content (AvgIpc) is 2.83. The van der Waals surface area contributed by atoms with Crippen molar-refractivity contribution in [3.63, 3.8) is 0 Å². The molecule has 102 valence electrons. The number of carbonyl (C=O) groups excluding carboxylic acids is 1. The second kappa shape index (κ2) is 6.71. The van der Waals surface area contributed by atoms with Crippen LogP contribution < -0.4 is 0 Å². The summed E-state index contributed by atoms with van der Waals surface area (Å²) in [6, 6.07) is 6.14. The lowest BCUT2D eigenvalue weighted by Gasteiger charge is -2.23. The summed E-state index contributed by atoms with van der Waals surface area (Å²) in [6.07, 6.45) is 1.81. The van der Waals surface area contributed by atoms with Gasteiger partial charge in [-0.3, -0.25) is 0 Å². The smallest absolute Gasteiger partial charge is 0.335 e. The Kier molecular flexibility index (Phi) is 5.23. The van der Waals surface area contributed by atoms with E-state index in [-0.39, 0.29) is 17.8 Å². The first-order chi connectivity index (χ1) is 9.19. The van der Waals surface area contributed by atoms with Crippen molar-refractivity contribution in [2.45, 2.75) is 13.0 Å². The quantitative estimate of drug-likeness (QED) is 0.444. The summed E-state index contributed by atoms with van der Waals surface area (Å²) >= 11 is 2.13. The molecule has 6 heteroatoms. The molecule has 1 aliphatic heterocycles. The van der Waals surface area contributed by atoms with E-state index in [1.807, 2.05) is 4.31 Å². The second-order valence-electron chi connectivity index (χ2n) is 3.97. The minimum absolute atomic E-state index is 0.306. The van der Waals surface area contributed by atoms with Crippen LogP contribution in [0, 0.1) is 5.82 Å². The SMILES string of the molecule is CCOC(=O)C1=CCN(SI)C1c1ccccc1F. The molecule has 1 aromatic carbocycles. The molecule has 1 heterocycles. The van der Waals surface area contributed by atoms with Gasteiger partial charge < -0.3 is 4.74 Å². The van der Waals surface area contributed by atoms with E-state index in [4.69, 9.17) is 4.74 Å². The molecule has 0 radical (unpaired) electrons. The zero-order valence-corrected chi connectivity index (χ0v) is 13.3. The molecule has 0 spiro atoms. The lowest BCUT2D eigenvalue weighted by Crippen LogP contribution is -2.22. The number of ether oxygens (including phenoxy) is 1. The Labute approximate surface area is 127 Å². The van der Waals surface area contributed by atoms with E-state index < -0.39 is 0 Å². The van der Waals surface area contributed by atoms with Crippen molar-refractivity contribution in [2.24, 2.45) is 0 Å². The highest BCUT2D eigenvalue weighted by Crippen LogP contribution is 2.41. The third kappa shape index (κ3) is 3.11. The third-order valence-corrected chi connectivity index (χ3v) is 4.93. The molecule has 0 bridgehead atoms. The first-order valence-electron chi connectivity index (χ1n) is 5.86. The van der Waals surface area contributed by atoms with Crippen LogP contribution >= 0.6 is 30.3 Å². The largest absolute Gasteiger partial charge is 0.463 e. The molecular weight excluding hydrogens is 380 g/mol. The molecule has 2 rings (SSSR count). The molecule has 0 aliphatic carbocycles. The van der Waals surface area contributed by atoms with Gasteiger partial charge in [0.2, 0.25) is 0 Å². The summed E-state index contributed by atoms with van der Waals surface area (Å²) in [5.41, 5.74) is 1.01. The maximum absolute atomic E-state index is 14.0. The van der Waals surface area contributed by atoms with Gasteiger partial charge in [-0.15, -0.1) is 0 Å². The van der Waals surface area contributed by atoms with Gasteiger partial charge in [0.1, 0.15) is 5.82 Å². The highest BCUT2D eigenvalue weighted by atomic mass is 127. The fourth-order valence-electron chi connectivity index (χ4n) is 2.06. The van der Waals surface area contributed by atoms with Crippen LogP contribution in [0.3, 0.4) is 0 Å².